The number of hydrogen-bond acceptors (Lipinski definition) is 6. The van der Waals surface area contributed by atoms with Crippen molar-refractivity contribution < 1.29 is 14.3 Å². The van der Waals surface area contributed by atoms with Crippen LogP contribution in [0.3, 0.4) is 0 Å². The number of aliphatic hydroxyl groups excluding tert-OH is 1. The van der Waals surface area contributed by atoms with E-state index in [1.54, 1.807) is 21.3 Å². The van der Waals surface area contributed by atoms with Crippen molar-refractivity contribution in [2.45, 2.75) is 63.5 Å². The van der Waals surface area contributed by atoms with E-state index in [-0.39, 0.29) is 29.1 Å². The zero-order valence-corrected chi connectivity index (χ0v) is 23.5. The van der Waals surface area contributed by atoms with Gasteiger partial charge in [0, 0.05) is 35.0 Å². The molecule has 10 nitrogen and oxygen atoms in total. The number of halogens is 1. The number of anilines is 2. The summed E-state index contributed by atoms with van der Waals surface area (Å²) in [7, 11) is 0. The Morgan fingerprint density at radius 2 is 1.81 bits per heavy atom. The van der Waals surface area contributed by atoms with Gasteiger partial charge >= 0.3 is 0 Å². The van der Waals surface area contributed by atoms with E-state index in [4.69, 9.17) is 5.73 Å². The van der Waals surface area contributed by atoms with Crippen LogP contribution < -0.4 is 16.6 Å². The van der Waals surface area contributed by atoms with Crippen LogP contribution in [-0.4, -0.2) is 41.1 Å². The van der Waals surface area contributed by atoms with Crippen LogP contribution in [0.2, 0.25) is 0 Å². The number of aliphatic hydroxyl groups is 1. The molecule has 11 heteroatoms. The summed E-state index contributed by atoms with van der Waals surface area (Å²) in [5.41, 5.74) is 9.84. The molecule has 2 aliphatic rings. The number of nitrogens with zero attached hydrogens (tertiary/aromatic N) is 5. The first-order valence-electron chi connectivity index (χ1n) is 14.7. The number of nitrogen functional groups attached to an aromatic ring is 1. The monoisotopic (exact) mass is 581 g/mol. The quantitative estimate of drug-likeness (QED) is 0.276. The first-order chi connectivity index (χ1) is 20.9. The van der Waals surface area contributed by atoms with Gasteiger partial charge in [-0.1, -0.05) is 18.2 Å². The summed E-state index contributed by atoms with van der Waals surface area (Å²) in [5, 5.41) is 17.2. The maximum Gasteiger partial charge on any atom is 0.284 e. The molecular weight excluding hydrogens is 549 g/mol. The molecule has 2 aromatic carbocycles. The Labute approximate surface area is 246 Å². The molecular formula is C32H32FN7O3. The van der Waals surface area contributed by atoms with Gasteiger partial charge in [-0.2, -0.15) is 5.10 Å². The minimum Gasteiger partial charge on any atom is -0.393 e. The van der Waals surface area contributed by atoms with Crippen molar-refractivity contribution in [3.63, 3.8) is 0 Å². The second-order valence-corrected chi connectivity index (χ2v) is 11.4. The third-order valence-corrected chi connectivity index (χ3v) is 8.75. The average molecular weight is 582 g/mol. The van der Waals surface area contributed by atoms with E-state index in [9.17, 15) is 14.7 Å². The largest absolute Gasteiger partial charge is 0.393 e. The van der Waals surface area contributed by atoms with Crippen LogP contribution in [0, 0.1) is 5.82 Å². The average Bonchev–Trinajstić information content (AvgIpc) is 3.54. The lowest BCUT2D eigenvalue weighted by Crippen LogP contribution is -2.25. The normalized spacial score (nSPS) is 18.5. The number of benzene rings is 2. The minimum absolute atomic E-state index is 0.0821. The smallest absolute Gasteiger partial charge is 0.284 e. The van der Waals surface area contributed by atoms with E-state index >= 15 is 4.39 Å². The molecule has 3 aromatic heterocycles. The van der Waals surface area contributed by atoms with Crippen molar-refractivity contribution in [3.8, 4) is 16.8 Å². The number of fused-ring (bicyclic) bond motifs is 2. The number of aromatic nitrogens is 5. The highest BCUT2D eigenvalue weighted by Gasteiger charge is 2.29. The van der Waals surface area contributed by atoms with Crippen molar-refractivity contribution >= 4 is 22.9 Å². The second kappa shape index (κ2) is 10.8. The van der Waals surface area contributed by atoms with Crippen molar-refractivity contribution in [2.24, 2.45) is 0 Å². The van der Waals surface area contributed by atoms with Gasteiger partial charge in [0.1, 0.15) is 23.2 Å². The molecule has 4 N–H and O–H groups in total. The summed E-state index contributed by atoms with van der Waals surface area (Å²) in [4.78, 5) is 31.2. The summed E-state index contributed by atoms with van der Waals surface area (Å²) < 4.78 is 21.0. The highest BCUT2D eigenvalue weighted by molar-refractivity contribution is 6.05. The van der Waals surface area contributed by atoms with Gasteiger partial charge in [-0.25, -0.2) is 18.6 Å². The maximum atomic E-state index is 15.8. The fourth-order valence-electron chi connectivity index (χ4n) is 6.65. The van der Waals surface area contributed by atoms with Crippen LogP contribution >= 0.6 is 0 Å². The van der Waals surface area contributed by atoms with Crippen molar-refractivity contribution in [1.29, 1.82) is 0 Å². The van der Waals surface area contributed by atoms with Crippen LogP contribution in [0.25, 0.3) is 22.3 Å². The van der Waals surface area contributed by atoms with Crippen LogP contribution in [0.1, 0.15) is 66.2 Å². The summed E-state index contributed by atoms with van der Waals surface area (Å²) in [6, 6.07) is 15.6. The van der Waals surface area contributed by atoms with Crippen LogP contribution in [0.15, 0.2) is 65.7 Å². The van der Waals surface area contributed by atoms with Crippen molar-refractivity contribution in [2.75, 3.05) is 11.1 Å². The third kappa shape index (κ3) is 4.69. The van der Waals surface area contributed by atoms with Crippen LogP contribution in [-0.2, 0) is 13.0 Å². The fourth-order valence-corrected chi connectivity index (χ4v) is 6.65. The van der Waals surface area contributed by atoms with E-state index in [0.717, 1.165) is 31.4 Å². The van der Waals surface area contributed by atoms with Crippen molar-refractivity contribution in [1.82, 2.24) is 24.0 Å². The number of nitrogens with two attached hydrogens (primary N) is 1. The summed E-state index contributed by atoms with van der Waals surface area (Å²) in [6.07, 6.45) is 6.45. The molecule has 0 unspecified atom stereocenters. The molecule has 1 aliphatic heterocycles. The Hall–Kier alpha value is -4.77. The van der Waals surface area contributed by atoms with E-state index in [1.807, 2.05) is 41.1 Å². The standard InChI is InChI=1S/C32H32FN7O3/c33-25-16-20(37-31(42)28-26-8-4-5-15-38(26)40(32(28)43)21-6-2-1-3-7-21)11-14-23(25)24-17-27(19-9-12-22(41)13-10-19)39-29(24)30(34)35-18-36-39/h1-3,6-7,11,14,16-19,22,41H,4-5,8-10,12-13,15H2,(H,37,42)(H2,34,35,36). The number of para-hydroxylation sites is 1. The number of rotatable bonds is 5. The Kier molecular flexibility index (Phi) is 6.81. The predicted molar refractivity (Wildman–Crippen MR) is 161 cm³/mol. The molecule has 0 bridgehead atoms. The number of amides is 1. The molecule has 220 valence electrons. The topological polar surface area (TPSA) is 132 Å². The summed E-state index contributed by atoms with van der Waals surface area (Å²) in [5.74, 6) is -0.739. The number of carbonyl (C=O) groups is 1. The van der Waals surface area contributed by atoms with Gasteiger partial charge in [-0.3, -0.25) is 14.3 Å². The van der Waals surface area contributed by atoms with Gasteiger partial charge in [0.05, 0.1) is 17.5 Å². The lowest BCUT2D eigenvalue weighted by atomic mass is 9.85. The molecule has 0 atom stereocenters. The molecule has 4 heterocycles. The highest BCUT2D eigenvalue weighted by Crippen LogP contribution is 2.39. The van der Waals surface area contributed by atoms with Gasteiger partial charge < -0.3 is 16.2 Å². The van der Waals surface area contributed by atoms with Crippen LogP contribution in [0.4, 0.5) is 15.9 Å². The predicted octanol–water partition coefficient (Wildman–Crippen LogP) is 4.68. The van der Waals surface area contributed by atoms with Gasteiger partial charge in [0.2, 0.25) is 0 Å². The van der Waals surface area contributed by atoms with Gasteiger partial charge in [0.15, 0.2) is 5.82 Å². The zero-order chi connectivity index (χ0) is 29.7. The molecule has 1 aliphatic carbocycles. The van der Waals surface area contributed by atoms with Crippen molar-refractivity contribution in [3.05, 3.63) is 94.0 Å². The first-order valence-corrected chi connectivity index (χ1v) is 14.7. The number of carbonyl (C=O) groups excluding carboxylic acids is 1. The second-order valence-electron chi connectivity index (χ2n) is 11.4. The maximum absolute atomic E-state index is 15.8. The molecule has 1 saturated carbocycles. The Morgan fingerprint density at radius 1 is 1.02 bits per heavy atom. The van der Waals surface area contributed by atoms with Gasteiger partial charge in [-0.05, 0) is 81.3 Å². The molecule has 5 aromatic rings. The van der Waals surface area contributed by atoms with E-state index in [2.05, 4.69) is 15.4 Å². The minimum atomic E-state index is -0.564. The van der Waals surface area contributed by atoms with E-state index < -0.39 is 17.3 Å². The van der Waals surface area contributed by atoms with E-state index in [1.165, 1.54) is 12.4 Å². The molecule has 0 spiro atoms. The highest BCUT2D eigenvalue weighted by atomic mass is 19.1. The van der Waals surface area contributed by atoms with E-state index in [0.29, 0.717) is 53.8 Å². The lowest BCUT2D eigenvalue weighted by molar-refractivity contribution is 0.102. The lowest BCUT2D eigenvalue weighted by Gasteiger charge is -2.24. The zero-order valence-electron chi connectivity index (χ0n) is 23.5. The Balaban J connectivity index is 1.22. The van der Waals surface area contributed by atoms with Crippen LogP contribution in [0.5, 0.6) is 0 Å². The summed E-state index contributed by atoms with van der Waals surface area (Å²) >= 11 is 0. The van der Waals surface area contributed by atoms with Gasteiger partial charge in [-0.15, -0.1) is 0 Å². The molecule has 7 rings (SSSR count). The Morgan fingerprint density at radius 3 is 2.58 bits per heavy atom. The number of hydrogen-bond donors (Lipinski definition) is 3. The fraction of sp³-hybridized carbons (Fsp3) is 0.312. The SMILES string of the molecule is Nc1ncnn2c(C3CCC(O)CC3)cc(-c3ccc(NC(=O)c4c5n(n(-c6ccccc6)c4=O)CCCC5)cc3F)c12. The molecule has 1 fully saturated rings. The third-order valence-electron chi connectivity index (χ3n) is 8.75. The Bertz CT molecular complexity index is 1900. The summed E-state index contributed by atoms with van der Waals surface area (Å²) in [6.45, 7) is 0.637. The molecule has 43 heavy (non-hydrogen) atoms. The molecule has 1 amide bonds. The molecule has 0 radical (unpaired) electrons. The first kappa shape index (κ1) is 27.1. The number of nitrogens with one attached hydrogen (secondary N) is 1. The molecule has 0 saturated heterocycles. The van der Waals surface area contributed by atoms with Gasteiger partial charge in [0.25, 0.3) is 11.5 Å².